The van der Waals surface area contributed by atoms with Gasteiger partial charge in [-0.25, -0.2) is 9.97 Å². The Kier molecular flexibility index (Phi) is 3.16. The summed E-state index contributed by atoms with van der Waals surface area (Å²) in [5.41, 5.74) is 7.04. The third-order valence-electron chi connectivity index (χ3n) is 2.85. The van der Waals surface area contributed by atoms with Gasteiger partial charge in [0.25, 0.3) is 0 Å². The first-order valence-electron chi connectivity index (χ1n) is 5.61. The van der Waals surface area contributed by atoms with Gasteiger partial charge in [-0.1, -0.05) is 6.92 Å². The van der Waals surface area contributed by atoms with Crippen LogP contribution in [0.15, 0.2) is 12.4 Å². The van der Waals surface area contributed by atoms with Gasteiger partial charge in [-0.15, -0.1) is 0 Å². The Labute approximate surface area is 90.5 Å². The molecule has 1 saturated heterocycles. The van der Waals surface area contributed by atoms with Crippen molar-refractivity contribution in [1.82, 2.24) is 9.97 Å². The van der Waals surface area contributed by atoms with Gasteiger partial charge in [0.2, 0.25) is 0 Å². The molecule has 2 N–H and O–H groups in total. The van der Waals surface area contributed by atoms with E-state index in [2.05, 4.69) is 27.9 Å². The monoisotopic (exact) mass is 206 g/mol. The first kappa shape index (κ1) is 10.4. The van der Waals surface area contributed by atoms with E-state index in [4.69, 9.17) is 5.73 Å². The third kappa shape index (κ3) is 2.45. The van der Waals surface area contributed by atoms with Gasteiger partial charge in [0.15, 0.2) is 0 Å². The van der Waals surface area contributed by atoms with Gasteiger partial charge in [0, 0.05) is 30.9 Å². The lowest BCUT2D eigenvalue weighted by molar-refractivity contribution is 0.503. The highest BCUT2D eigenvalue weighted by Gasteiger charge is 2.17. The molecule has 1 fully saturated rings. The highest BCUT2D eigenvalue weighted by atomic mass is 15.2. The zero-order valence-electron chi connectivity index (χ0n) is 9.19. The van der Waals surface area contributed by atoms with Gasteiger partial charge in [0.1, 0.15) is 12.1 Å². The molecular weight excluding hydrogens is 188 g/mol. The Hall–Kier alpha value is -1.16. The van der Waals surface area contributed by atoms with Crippen LogP contribution >= 0.6 is 0 Å². The molecular formula is C11H18N4. The summed E-state index contributed by atoms with van der Waals surface area (Å²) in [5.74, 6) is 1.03. The number of nitrogens with zero attached hydrogens (tertiary/aromatic N) is 3. The molecule has 2 heterocycles. The molecule has 4 heteroatoms. The number of hydrogen-bond acceptors (Lipinski definition) is 4. The number of rotatable bonds is 2. The van der Waals surface area contributed by atoms with Gasteiger partial charge in [-0.05, 0) is 19.3 Å². The molecule has 1 aliphatic heterocycles. The van der Waals surface area contributed by atoms with Crippen molar-refractivity contribution in [3.63, 3.8) is 0 Å². The second-order valence-electron chi connectivity index (χ2n) is 4.07. The molecule has 0 bridgehead atoms. The fourth-order valence-corrected chi connectivity index (χ4v) is 1.97. The number of hydrogen-bond donors (Lipinski definition) is 1. The van der Waals surface area contributed by atoms with Crippen LogP contribution in [0.2, 0.25) is 0 Å². The van der Waals surface area contributed by atoms with E-state index in [0.29, 0.717) is 6.04 Å². The molecule has 0 aliphatic carbocycles. The molecule has 0 aromatic carbocycles. The van der Waals surface area contributed by atoms with E-state index in [0.717, 1.165) is 43.9 Å². The number of anilines is 1. The van der Waals surface area contributed by atoms with Crippen molar-refractivity contribution in [1.29, 1.82) is 0 Å². The summed E-state index contributed by atoms with van der Waals surface area (Å²) in [6, 6.07) is 2.36. The van der Waals surface area contributed by atoms with Crippen LogP contribution < -0.4 is 10.6 Å². The smallest absolute Gasteiger partial charge is 0.132 e. The van der Waals surface area contributed by atoms with E-state index in [9.17, 15) is 0 Å². The molecule has 1 aromatic rings. The quantitative estimate of drug-likeness (QED) is 0.783. The van der Waals surface area contributed by atoms with Crippen LogP contribution in [0.25, 0.3) is 0 Å². The summed E-state index contributed by atoms with van der Waals surface area (Å²) in [5, 5.41) is 0. The van der Waals surface area contributed by atoms with E-state index in [1.165, 1.54) is 0 Å². The molecule has 1 atom stereocenters. The summed E-state index contributed by atoms with van der Waals surface area (Å²) in [4.78, 5) is 10.8. The molecule has 1 aromatic heterocycles. The summed E-state index contributed by atoms with van der Waals surface area (Å²) < 4.78 is 0. The molecule has 82 valence electrons. The van der Waals surface area contributed by atoms with Crippen molar-refractivity contribution in [3.05, 3.63) is 18.1 Å². The maximum atomic E-state index is 5.95. The summed E-state index contributed by atoms with van der Waals surface area (Å²) in [7, 11) is 0. The fourth-order valence-electron chi connectivity index (χ4n) is 1.97. The lowest BCUT2D eigenvalue weighted by atomic mass is 10.1. The normalized spacial score (nSPS) is 21.7. The first-order valence-corrected chi connectivity index (χ1v) is 5.61. The summed E-state index contributed by atoms with van der Waals surface area (Å²) in [6.07, 6.45) is 4.89. The topological polar surface area (TPSA) is 55.0 Å². The van der Waals surface area contributed by atoms with E-state index >= 15 is 0 Å². The van der Waals surface area contributed by atoms with E-state index < -0.39 is 0 Å². The molecule has 0 spiro atoms. The van der Waals surface area contributed by atoms with Crippen molar-refractivity contribution in [2.75, 3.05) is 18.0 Å². The van der Waals surface area contributed by atoms with Crippen LogP contribution in [0, 0.1) is 0 Å². The van der Waals surface area contributed by atoms with Gasteiger partial charge >= 0.3 is 0 Å². The van der Waals surface area contributed by atoms with E-state index in [1.807, 2.05) is 0 Å². The third-order valence-corrected chi connectivity index (χ3v) is 2.85. The number of piperidine rings is 1. The predicted octanol–water partition coefficient (Wildman–Crippen LogP) is 0.966. The summed E-state index contributed by atoms with van der Waals surface area (Å²) in [6.45, 7) is 4.09. The van der Waals surface area contributed by atoms with E-state index in [1.54, 1.807) is 6.33 Å². The maximum Gasteiger partial charge on any atom is 0.132 e. The highest BCUT2D eigenvalue weighted by molar-refractivity contribution is 5.39. The van der Waals surface area contributed by atoms with E-state index in [-0.39, 0.29) is 0 Å². The van der Waals surface area contributed by atoms with Crippen LogP contribution in [0.5, 0.6) is 0 Å². The standard InChI is InChI=1S/C11H18N4/c1-2-10-6-11(14-8-13-10)15-5-3-4-9(12)7-15/h6,8-9H,2-5,7,12H2,1H3/t9-/m1/s1. The highest BCUT2D eigenvalue weighted by Crippen LogP contribution is 2.17. The van der Waals surface area contributed by atoms with Gasteiger partial charge in [-0.2, -0.15) is 0 Å². The van der Waals surface area contributed by atoms with Crippen LogP contribution in [0.3, 0.4) is 0 Å². The second-order valence-corrected chi connectivity index (χ2v) is 4.07. The van der Waals surface area contributed by atoms with Gasteiger partial charge in [0.05, 0.1) is 0 Å². The predicted molar refractivity (Wildman–Crippen MR) is 60.8 cm³/mol. The minimum Gasteiger partial charge on any atom is -0.355 e. The minimum absolute atomic E-state index is 0.291. The maximum absolute atomic E-state index is 5.95. The molecule has 2 rings (SSSR count). The second kappa shape index (κ2) is 4.57. The van der Waals surface area contributed by atoms with Crippen molar-refractivity contribution in [2.45, 2.75) is 32.2 Å². The zero-order valence-corrected chi connectivity index (χ0v) is 9.19. The Morgan fingerprint density at radius 1 is 1.53 bits per heavy atom. The molecule has 15 heavy (non-hydrogen) atoms. The molecule has 1 aliphatic rings. The van der Waals surface area contributed by atoms with Crippen LogP contribution in [0.4, 0.5) is 5.82 Å². The molecule has 0 amide bonds. The Balaban J connectivity index is 2.13. The largest absolute Gasteiger partial charge is 0.355 e. The lowest BCUT2D eigenvalue weighted by Crippen LogP contribution is -2.43. The van der Waals surface area contributed by atoms with Crippen molar-refractivity contribution >= 4 is 5.82 Å². The molecule has 0 radical (unpaired) electrons. The van der Waals surface area contributed by atoms with Gasteiger partial charge < -0.3 is 10.6 Å². The molecule has 4 nitrogen and oxygen atoms in total. The van der Waals surface area contributed by atoms with Crippen molar-refractivity contribution in [2.24, 2.45) is 5.73 Å². The molecule has 0 saturated carbocycles. The Morgan fingerprint density at radius 2 is 2.40 bits per heavy atom. The number of nitrogens with two attached hydrogens (primary N) is 1. The molecule has 0 unspecified atom stereocenters. The van der Waals surface area contributed by atoms with Crippen LogP contribution in [-0.4, -0.2) is 29.1 Å². The fraction of sp³-hybridized carbons (Fsp3) is 0.636. The summed E-state index contributed by atoms with van der Waals surface area (Å²) >= 11 is 0. The average Bonchev–Trinajstić information content (AvgIpc) is 2.29. The minimum atomic E-state index is 0.291. The van der Waals surface area contributed by atoms with Crippen molar-refractivity contribution < 1.29 is 0 Å². The van der Waals surface area contributed by atoms with Crippen LogP contribution in [-0.2, 0) is 6.42 Å². The van der Waals surface area contributed by atoms with Crippen molar-refractivity contribution in [3.8, 4) is 0 Å². The Morgan fingerprint density at radius 3 is 3.13 bits per heavy atom. The van der Waals surface area contributed by atoms with Gasteiger partial charge in [-0.3, -0.25) is 0 Å². The first-order chi connectivity index (χ1) is 7.29. The Bertz CT molecular complexity index is 326. The van der Waals surface area contributed by atoms with Crippen LogP contribution in [0.1, 0.15) is 25.5 Å². The lowest BCUT2D eigenvalue weighted by Gasteiger charge is -2.31. The SMILES string of the molecule is CCc1cc(N2CCC[C@@H](N)C2)ncn1. The zero-order chi connectivity index (χ0) is 10.7. The number of aryl methyl sites for hydroxylation is 1. The number of aromatic nitrogens is 2. The average molecular weight is 206 g/mol.